The lowest BCUT2D eigenvalue weighted by molar-refractivity contribution is 0.131. The fourth-order valence-corrected chi connectivity index (χ4v) is 4.37. The van der Waals surface area contributed by atoms with Gasteiger partial charge in [0.25, 0.3) is 5.89 Å². The molecule has 5 heteroatoms. The van der Waals surface area contributed by atoms with Crippen molar-refractivity contribution in [2.45, 2.75) is 57.4 Å². The van der Waals surface area contributed by atoms with Crippen molar-refractivity contribution in [2.75, 3.05) is 13.1 Å². The first-order chi connectivity index (χ1) is 12.8. The third kappa shape index (κ3) is 3.96. The Balaban J connectivity index is 1.26. The van der Waals surface area contributed by atoms with Crippen LogP contribution in [0.4, 0.5) is 0 Å². The largest absolute Gasteiger partial charge is 0.334 e. The highest BCUT2D eigenvalue weighted by molar-refractivity contribution is 5.54. The maximum Gasteiger partial charge on any atom is 0.257 e. The summed E-state index contributed by atoms with van der Waals surface area (Å²) in [5.41, 5.74) is 1.50. The third-order valence-electron chi connectivity index (χ3n) is 6.00. The predicted octanol–water partition coefficient (Wildman–Crippen LogP) is 4.20. The summed E-state index contributed by atoms with van der Waals surface area (Å²) in [5.74, 6) is 2.12. The number of rotatable bonds is 5. The molecule has 0 N–H and O–H groups in total. The van der Waals surface area contributed by atoms with E-state index < -0.39 is 0 Å². The summed E-state index contributed by atoms with van der Waals surface area (Å²) in [6.45, 7) is 2.52. The van der Waals surface area contributed by atoms with Crippen LogP contribution in [0.1, 0.15) is 56.3 Å². The SMILES string of the molecule is N#Cc1ccc(-c2nc(CCC3CCN(C4CCCC4)CC3)no2)cc1. The zero-order valence-electron chi connectivity index (χ0n) is 15.2. The van der Waals surface area contributed by atoms with Crippen molar-refractivity contribution in [2.24, 2.45) is 5.92 Å². The van der Waals surface area contributed by atoms with E-state index in [0.717, 1.165) is 36.2 Å². The molecule has 2 heterocycles. The lowest BCUT2D eigenvalue weighted by Gasteiger charge is -2.36. The van der Waals surface area contributed by atoms with Crippen LogP contribution in [-0.2, 0) is 6.42 Å². The van der Waals surface area contributed by atoms with E-state index in [9.17, 15) is 0 Å². The van der Waals surface area contributed by atoms with Crippen LogP contribution in [0.15, 0.2) is 28.8 Å². The van der Waals surface area contributed by atoms with E-state index in [1.165, 1.54) is 51.6 Å². The van der Waals surface area contributed by atoms with Crippen LogP contribution >= 0.6 is 0 Å². The molecule has 26 heavy (non-hydrogen) atoms. The van der Waals surface area contributed by atoms with Gasteiger partial charge in [-0.05, 0) is 75.4 Å². The molecule has 1 saturated carbocycles. The van der Waals surface area contributed by atoms with Gasteiger partial charge < -0.3 is 9.42 Å². The second-order valence-corrected chi connectivity index (χ2v) is 7.66. The number of benzene rings is 1. The normalized spacial score (nSPS) is 19.7. The molecule has 0 radical (unpaired) electrons. The van der Waals surface area contributed by atoms with Gasteiger partial charge in [0.15, 0.2) is 5.82 Å². The Kier molecular flexibility index (Phi) is 5.31. The van der Waals surface area contributed by atoms with Gasteiger partial charge >= 0.3 is 0 Å². The van der Waals surface area contributed by atoms with E-state index in [1.807, 2.05) is 12.1 Å². The molecule has 2 aliphatic rings. The molecule has 0 atom stereocenters. The molecule has 1 aromatic carbocycles. The molecular weight excluding hydrogens is 324 g/mol. The molecule has 0 bridgehead atoms. The molecule has 0 spiro atoms. The van der Waals surface area contributed by atoms with E-state index in [-0.39, 0.29) is 0 Å². The molecule has 1 saturated heterocycles. The molecule has 2 fully saturated rings. The number of aryl methyl sites for hydroxylation is 1. The maximum absolute atomic E-state index is 8.87. The highest BCUT2D eigenvalue weighted by Crippen LogP contribution is 2.29. The summed E-state index contributed by atoms with van der Waals surface area (Å²) in [6.07, 6.45) is 10.3. The highest BCUT2D eigenvalue weighted by Gasteiger charge is 2.27. The quantitative estimate of drug-likeness (QED) is 0.809. The van der Waals surface area contributed by atoms with Gasteiger partial charge in [-0.3, -0.25) is 0 Å². The van der Waals surface area contributed by atoms with E-state index in [4.69, 9.17) is 9.78 Å². The Morgan fingerprint density at radius 1 is 1.08 bits per heavy atom. The first kappa shape index (κ1) is 17.2. The van der Waals surface area contributed by atoms with E-state index in [2.05, 4.69) is 21.1 Å². The summed E-state index contributed by atoms with van der Waals surface area (Å²) < 4.78 is 5.40. The van der Waals surface area contributed by atoms with E-state index in [1.54, 1.807) is 12.1 Å². The van der Waals surface area contributed by atoms with Crippen LogP contribution in [-0.4, -0.2) is 34.2 Å². The van der Waals surface area contributed by atoms with Gasteiger partial charge in [0.05, 0.1) is 11.6 Å². The Morgan fingerprint density at radius 3 is 2.50 bits per heavy atom. The number of nitriles is 1. The number of aromatic nitrogens is 2. The van der Waals surface area contributed by atoms with Crippen molar-refractivity contribution in [3.8, 4) is 17.5 Å². The zero-order chi connectivity index (χ0) is 17.8. The predicted molar refractivity (Wildman–Crippen MR) is 99.3 cm³/mol. The fourth-order valence-electron chi connectivity index (χ4n) is 4.37. The van der Waals surface area contributed by atoms with Gasteiger partial charge in [-0.25, -0.2) is 0 Å². The Morgan fingerprint density at radius 2 is 1.81 bits per heavy atom. The molecule has 1 aromatic heterocycles. The van der Waals surface area contributed by atoms with Crippen LogP contribution in [0.3, 0.4) is 0 Å². The van der Waals surface area contributed by atoms with Crippen LogP contribution in [0.5, 0.6) is 0 Å². The Bertz CT molecular complexity index is 747. The van der Waals surface area contributed by atoms with Gasteiger partial charge in [0.1, 0.15) is 0 Å². The summed E-state index contributed by atoms with van der Waals surface area (Å²) in [4.78, 5) is 7.25. The van der Waals surface area contributed by atoms with Crippen molar-refractivity contribution in [3.05, 3.63) is 35.7 Å². The topological polar surface area (TPSA) is 66.0 Å². The van der Waals surface area contributed by atoms with Gasteiger partial charge in [-0.2, -0.15) is 10.2 Å². The van der Waals surface area contributed by atoms with Crippen molar-refractivity contribution in [1.82, 2.24) is 15.0 Å². The number of hydrogen-bond acceptors (Lipinski definition) is 5. The smallest absolute Gasteiger partial charge is 0.257 e. The minimum absolute atomic E-state index is 0.542. The van der Waals surface area contributed by atoms with Gasteiger partial charge in [-0.1, -0.05) is 18.0 Å². The second-order valence-electron chi connectivity index (χ2n) is 7.66. The number of nitrogens with zero attached hydrogens (tertiary/aromatic N) is 4. The standard InChI is InChI=1S/C21H26N4O/c22-15-17-5-8-18(9-6-17)21-23-20(24-26-21)10-7-16-11-13-25(14-12-16)19-3-1-2-4-19/h5-6,8-9,16,19H,1-4,7,10-14H2. The first-order valence-corrected chi connectivity index (χ1v) is 9.89. The molecule has 136 valence electrons. The molecule has 1 aliphatic carbocycles. The molecule has 0 unspecified atom stereocenters. The molecule has 5 nitrogen and oxygen atoms in total. The monoisotopic (exact) mass is 350 g/mol. The Hall–Kier alpha value is -2.19. The van der Waals surface area contributed by atoms with Crippen molar-refractivity contribution >= 4 is 0 Å². The maximum atomic E-state index is 8.87. The van der Waals surface area contributed by atoms with Crippen LogP contribution in [0.2, 0.25) is 0 Å². The van der Waals surface area contributed by atoms with Crippen LogP contribution < -0.4 is 0 Å². The fraction of sp³-hybridized carbons (Fsp3) is 0.571. The average molecular weight is 350 g/mol. The summed E-state index contributed by atoms with van der Waals surface area (Å²) >= 11 is 0. The number of hydrogen-bond donors (Lipinski definition) is 0. The lowest BCUT2D eigenvalue weighted by Crippen LogP contribution is -2.40. The number of piperidine rings is 1. The molecule has 2 aromatic rings. The summed E-state index contributed by atoms with van der Waals surface area (Å²) in [7, 11) is 0. The van der Waals surface area contributed by atoms with Gasteiger partial charge in [0, 0.05) is 18.0 Å². The molecule has 0 amide bonds. The highest BCUT2D eigenvalue weighted by atomic mass is 16.5. The van der Waals surface area contributed by atoms with E-state index in [0.29, 0.717) is 11.5 Å². The van der Waals surface area contributed by atoms with Crippen LogP contribution in [0.25, 0.3) is 11.5 Å². The van der Waals surface area contributed by atoms with Gasteiger partial charge in [-0.15, -0.1) is 0 Å². The summed E-state index contributed by atoms with van der Waals surface area (Å²) in [5, 5.41) is 13.0. The number of likely N-dealkylation sites (tertiary alicyclic amines) is 1. The average Bonchev–Trinajstić information content (AvgIpc) is 3.39. The van der Waals surface area contributed by atoms with Crippen molar-refractivity contribution in [3.63, 3.8) is 0 Å². The van der Waals surface area contributed by atoms with Crippen molar-refractivity contribution in [1.29, 1.82) is 5.26 Å². The third-order valence-corrected chi connectivity index (χ3v) is 6.00. The minimum Gasteiger partial charge on any atom is -0.334 e. The Labute approximate surface area is 155 Å². The van der Waals surface area contributed by atoms with Gasteiger partial charge in [0.2, 0.25) is 0 Å². The van der Waals surface area contributed by atoms with Crippen molar-refractivity contribution < 1.29 is 4.52 Å². The van der Waals surface area contributed by atoms with E-state index >= 15 is 0 Å². The second kappa shape index (κ2) is 8.01. The molecule has 4 rings (SSSR count). The zero-order valence-corrected chi connectivity index (χ0v) is 15.2. The lowest BCUT2D eigenvalue weighted by atomic mass is 9.91. The van der Waals surface area contributed by atoms with Crippen LogP contribution in [0, 0.1) is 17.2 Å². The molecule has 1 aliphatic heterocycles. The minimum atomic E-state index is 0.542. The summed E-state index contributed by atoms with van der Waals surface area (Å²) in [6, 6.07) is 10.2. The first-order valence-electron chi connectivity index (χ1n) is 9.89. The molecular formula is C21H26N4O.